The first-order valence-corrected chi connectivity index (χ1v) is 10.2. The van der Waals surface area contributed by atoms with Crippen LogP contribution in [0, 0.1) is 5.92 Å². The molecule has 0 spiro atoms. The maximum Gasteiger partial charge on any atom is 0.244 e. The fourth-order valence-electron chi connectivity index (χ4n) is 3.49. The van der Waals surface area contributed by atoms with Gasteiger partial charge in [0.15, 0.2) is 0 Å². The van der Waals surface area contributed by atoms with Gasteiger partial charge in [0.1, 0.15) is 10.7 Å². The zero-order valence-electron chi connectivity index (χ0n) is 13.9. The molecule has 2 fully saturated rings. The monoisotopic (exact) mass is 337 g/mol. The van der Waals surface area contributed by atoms with Crippen molar-refractivity contribution in [2.75, 3.05) is 18.4 Å². The van der Waals surface area contributed by atoms with Crippen LogP contribution in [0.1, 0.15) is 51.9 Å². The molecule has 0 radical (unpaired) electrons. The summed E-state index contributed by atoms with van der Waals surface area (Å²) in [5, 5.41) is 3.44. The molecule has 0 unspecified atom stereocenters. The number of aromatic nitrogens is 1. The number of nitrogens with zero attached hydrogens (tertiary/aromatic N) is 2. The Hall–Kier alpha value is -1.14. The van der Waals surface area contributed by atoms with Crippen molar-refractivity contribution in [1.82, 2.24) is 9.29 Å². The lowest BCUT2D eigenvalue weighted by Gasteiger charge is -2.27. The predicted octanol–water partition coefficient (Wildman–Crippen LogP) is 3.25. The highest BCUT2D eigenvalue weighted by Crippen LogP contribution is 2.26. The lowest BCUT2D eigenvalue weighted by Crippen LogP contribution is -2.35. The summed E-state index contributed by atoms with van der Waals surface area (Å²) in [5.41, 5.74) is 0. The van der Waals surface area contributed by atoms with Crippen LogP contribution in [0.15, 0.2) is 23.2 Å². The second-order valence-electron chi connectivity index (χ2n) is 6.95. The molecule has 1 saturated carbocycles. The van der Waals surface area contributed by atoms with Crippen LogP contribution in [0.2, 0.25) is 0 Å². The third-order valence-electron chi connectivity index (χ3n) is 5.06. The fraction of sp³-hybridized carbons (Fsp3) is 0.706. The van der Waals surface area contributed by atoms with E-state index in [4.69, 9.17) is 0 Å². The average molecular weight is 337 g/mol. The molecule has 0 amide bonds. The second-order valence-corrected chi connectivity index (χ2v) is 8.88. The van der Waals surface area contributed by atoms with Crippen molar-refractivity contribution in [3.63, 3.8) is 0 Å². The predicted molar refractivity (Wildman–Crippen MR) is 91.9 cm³/mol. The Morgan fingerprint density at radius 2 is 1.78 bits per heavy atom. The quantitative estimate of drug-likeness (QED) is 0.916. The summed E-state index contributed by atoms with van der Waals surface area (Å²) in [6.45, 7) is 3.56. The SMILES string of the molecule is CC1CCC(Nc2ccc(S(=O)(=O)N3CCCCC3)cn2)CC1. The first kappa shape index (κ1) is 16.7. The van der Waals surface area contributed by atoms with Crippen LogP contribution in [0.3, 0.4) is 0 Å². The minimum absolute atomic E-state index is 0.308. The van der Waals surface area contributed by atoms with E-state index >= 15 is 0 Å². The summed E-state index contributed by atoms with van der Waals surface area (Å²) < 4.78 is 26.8. The van der Waals surface area contributed by atoms with E-state index in [2.05, 4.69) is 17.2 Å². The molecule has 1 N–H and O–H groups in total. The molecule has 5 nitrogen and oxygen atoms in total. The maximum atomic E-state index is 12.6. The number of sulfonamides is 1. The molecule has 128 valence electrons. The minimum Gasteiger partial charge on any atom is -0.367 e. The third-order valence-corrected chi connectivity index (χ3v) is 6.94. The van der Waals surface area contributed by atoms with Crippen LogP contribution in [-0.4, -0.2) is 36.8 Å². The van der Waals surface area contributed by atoms with Crippen molar-refractivity contribution in [2.24, 2.45) is 5.92 Å². The topological polar surface area (TPSA) is 62.3 Å². The molecule has 1 aromatic heterocycles. The zero-order valence-corrected chi connectivity index (χ0v) is 14.7. The van der Waals surface area contributed by atoms with E-state index < -0.39 is 10.0 Å². The summed E-state index contributed by atoms with van der Waals surface area (Å²) in [5.74, 6) is 1.60. The first-order chi connectivity index (χ1) is 11.1. The highest BCUT2D eigenvalue weighted by Gasteiger charge is 2.26. The Morgan fingerprint density at radius 1 is 1.09 bits per heavy atom. The fourth-order valence-corrected chi connectivity index (χ4v) is 4.95. The molecule has 6 heteroatoms. The van der Waals surface area contributed by atoms with Gasteiger partial charge in [-0.3, -0.25) is 0 Å². The largest absolute Gasteiger partial charge is 0.367 e. The minimum atomic E-state index is -3.38. The standard InChI is InChI=1S/C17H27N3O2S/c1-14-5-7-15(8-6-14)19-17-10-9-16(13-18-17)23(21,22)20-11-3-2-4-12-20/h9-10,13-15H,2-8,11-12H2,1H3,(H,18,19). The number of anilines is 1. The summed E-state index contributed by atoms with van der Waals surface area (Å²) in [6.07, 6.45) is 9.34. The Balaban J connectivity index is 1.64. The molecule has 1 aliphatic heterocycles. The van der Waals surface area contributed by atoms with Gasteiger partial charge < -0.3 is 5.32 Å². The van der Waals surface area contributed by atoms with Gasteiger partial charge in [0.25, 0.3) is 0 Å². The van der Waals surface area contributed by atoms with Gasteiger partial charge >= 0.3 is 0 Å². The number of nitrogens with one attached hydrogen (secondary N) is 1. The van der Waals surface area contributed by atoms with Crippen molar-refractivity contribution in [3.8, 4) is 0 Å². The molecule has 0 atom stereocenters. The molecule has 0 aromatic carbocycles. The Bertz CT molecular complexity index is 601. The smallest absolute Gasteiger partial charge is 0.244 e. The van der Waals surface area contributed by atoms with E-state index in [-0.39, 0.29) is 0 Å². The van der Waals surface area contributed by atoms with E-state index in [0.717, 1.165) is 43.8 Å². The number of hydrogen-bond donors (Lipinski definition) is 1. The highest BCUT2D eigenvalue weighted by molar-refractivity contribution is 7.89. The van der Waals surface area contributed by atoms with Crippen LogP contribution in [-0.2, 0) is 10.0 Å². The lowest BCUT2D eigenvalue weighted by atomic mass is 9.87. The molecule has 3 rings (SSSR count). The average Bonchev–Trinajstić information content (AvgIpc) is 2.58. The number of rotatable bonds is 4. The summed E-state index contributed by atoms with van der Waals surface area (Å²) in [4.78, 5) is 4.64. The van der Waals surface area contributed by atoms with E-state index in [1.807, 2.05) is 0 Å². The van der Waals surface area contributed by atoms with E-state index in [1.54, 1.807) is 16.4 Å². The van der Waals surface area contributed by atoms with Crippen molar-refractivity contribution in [2.45, 2.75) is 62.8 Å². The van der Waals surface area contributed by atoms with Gasteiger partial charge in [-0.15, -0.1) is 0 Å². The van der Waals surface area contributed by atoms with Crippen LogP contribution >= 0.6 is 0 Å². The molecular formula is C17H27N3O2S. The third kappa shape index (κ3) is 4.04. The van der Waals surface area contributed by atoms with Gasteiger partial charge in [-0.1, -0.05) is 13.3 Å². The molecule has 23 heavy (non-hydrogen) atoms. The van der Waals surface area contributed by atoms with Crippen LogP contribution in [0.25, 0.3) is 0 Å². The Labute approximate surface area is 139 Å². The molecule has 1 aliphatic carbocycles. The van der Waals surface area contributed by atoms with Gasteiger partial charge in [-0.25, -0.2) is 13.4 Å². The molecule has 2 aliphatic rings. The number of hydrogen-bond acceptors (Lipinski definition) is 4. The lowest BCUT2D eigenvalue weighted by molar-refractivity contribution is 0.346. The zero-order chi connectivity index (χ0) is 16.3. The van der Waals surface area contributed by atoms with Crippen molar-refractivity contribution in [3.05, 3.63) is 18.3 Å². The van der Waals surface area contributed by atoms with Gasteiger partial charge in [0.2, 0.25) is 10.0 Å². The molecule has 0 bridgehead atoms. The van der Waals surface area contributed by atoms with Crippen molar-refractivity contribution < 1.29 is 8.42 Å². The van der Waals surface area contributed by atoms with Gasteiger partial charge in [-0.2, -0.15) is 4.31 Å². The first-order valence-electron chi connectivity index (χ1n) is 8.78. The normalized spacial score (nSPS) is 26.8. The number of piperidine rings is 1. The van der Waals surface area contributed by atoms with E-state index in [0.29, 0.717) is 24.0 Å². The van der Waals surface area contributed by atoms with Gasteiger partial charge in [0.05, 0.1) is 0 Å². The van der Waals surface area contributed by atoms with Gasteiger partial charge in [-0.05, 0) is 56.6 Å². The Morgan fingerprint density at radius 3 is 2.39 bits per heavy atom. The van der Waals surface area contributed by atoms with E-state index in [1.165, 1.54) is 19.0 Å². The maximum absolute atomic E-state index is 12.6. The van der Waals surface area contributed by atoms with Crippen molar-refractivity contribution in [1.29, 1.82) is 0 Å². The summed E-state index contributed by atoms with van der Waals surface area (Å²) in [7, 11) is -3.38. The van der Waals surface area contributed by atoms with Crippen LogP contribution < -0.4 is 5.32 Å². The van der Waals surface area contributed by atoms with Crippen LogP contribution in [0.5, 0.6) is 0 Å². The second kappa shape index (κ2) is 7.18. The molecule has 1 saturated heterocycles. The van der Waals surface area contributed by atoms with Crippen molar-refractivity contribution >= 4 is 15.8 Å². The summed E-state index contributed by atoms with van der Waals surface area (Å²) in [6, 6.07) is 3.95. The van der Waals surface area contributed by atoms with Gasteiger partial charge in [0, 0.05) is 25.3 Å². The van der Waals surface area contributed by atoms with E-state index in [9.17, 15) is 8.42 Å². The van der Waals surface area contributed by atoms with Crippen LogP contribution in [0.4, 0.5) is 5.82 Å². The molecule has 2 heterocycles. The Kier molecular flexibility index (Phi) is 5.21. The summed E-state index contributed by atoms with van der Waals surface area (Å²) >= 11 is 0. The molecular weight excluding hydrogens is 310 g/mol. The number of pyridine rings is 1. The highest BCUT2D eigenvalue weighted by atomic mass is 32.2. The molecule has 1 aromatic rings.